The molecule has 0 atom stereocenters. The average molecular weight is 267 g/mol. The molecule has 1 aromatic heterocycles. The summed E-state index contributed by atoms with van der Waals surface area (Å²) in [5.74, 6) is 0. The number of aromatic nitrogens is 1. The highest BCUT2D eigenvalue weighted by atomic mass is 127. The lowest BCUT2D eigenvalue weighted by molar-refractivity contribution is 0.112. The molecule has 0 aliphatic heterocycles. The predicted molar refractivity (Wildman–Crippen MR) is 47.4 cm³/mol. The Labute approximate surface area is 76.7 Å². The molecule has 0 aliphatic rings. The van der Waals surface area contributed by atoms with Crippen molar-refractivity contribution >= 4 is 40.5 Å². The molecule has 52 valence electrons. The second-order valence-electron chi connectivity index (χ2n) is 1.65. The molecule has 1 aromatic rings. The molecule has 0 fully saturated rings. The Morgan fingerprint density at radius 3 is 2.90 bits per heavy atom. The third-order valence-corrected chi connectivity index (χ3v) is 1.89. The second kappa shape index (κ2) is 3.30. The highest BCUT2D eigenvalue weighted by molar-refractivity contribution is 14.1. The lowest BCUT2D eigenvalue weighted by Gasteiger charge is -1.93. The van der Waals surface area contributed by atoms with Crippen LogP contribution in [0.1, 0.15) is 10.4 Å². The van der Waals surface area contributed by atoms with Gasteiger partial charge in [0.15, 0.2) is 6.29 Å². The maximum Gasteiger partial charge on any atom is 0.153 e. The first-order valence-electron chi connectivity index (χ1n) is 2.50. The van der Waals surface area contributed by atoms with Crippen molar-refractivity contribution in [1.82, 2.24) is 4.98 Å². The molecule has 0 N–H and O–H groups in total. The van der Waals surface area contributed by atoms with Gasteiger partial charge in [-0.05, 0) is 28.7 Å². The smallest absolute Gasteiger partial charge is 0.153 e. The van der Waals surface area contributed by atoms with Crippen LogP contribution < -0.4 is 0 Å². The van der Waals surface area contributed by atoms with Gasteiger partial charge in [-0.1, -0.05) is 11.6 Å². The lowest BCUT2D eigenvalue weighted by atomic mass is 10.3. The summed E-state index contributed by atoms with van der Waals surface area (Å²) in [4.78, 5) is 14.1. The van der Waals surface area contributed by atoms with Crippen LogP contribution in [-0.2, 0) is 0 Å². The van der Waals surface area contributed by atoms with E-state index in [9.17, 15) is 4.79 Å². The number of carbonyl (C=O) groups excluding carboxylic acids is 1. The van der Waals surface area contributed by atoms with Gasteiger partial charge in [-0.2, -0.15) is 0 Å². The summed E-state index contributed by atoms with van der Waals surface area (Å²) in [5.41, 5.74) is 0.432. The van der Waals surface area contributed by atoms with E-state index in [1.54, 1.807) is 6.07 Å². The molecular weight excluding hydrogens is 264 g/mol. The number of aldehydes is 1. The van der Waals surface area contributed by atoms with Gasteiger partial charge in [0.25, 0.3) is 0 Å². The second-order valence-corrected chi connectivity index (χ2v) is 3.16. The zero-order valence-corrected chi connectivity index (χ0v) is 7.76. The van der Waals surface area contributed by atoms with Crippen LogP contribution in [0.15, 0.2) is 12.3 Å². The lowest BCUT2D eigenvalue weighted by Crippen LogP contribution is -1.86. The monoisotopic (exact) mass is 267 g/mol. The Balaban J connectivity index is 3.19. The molecule has 0 saturated heterocycles. The Hall–Kier alpha value is -0.160. The van der Waals surface area contributed by atoms with Gasteiger partial charge < -0.3 is 0 Å². The topological polar surface area (TPSA) is 30.0 Å². The first-order chi connectivity index (χ1) is 4.74. The van der Waals surface area contributed by atoms with E-state index in [0.717, 1.165) is 3.70 Å². The van der Waals surface area contributed by atoms with Crippen LogP contribution in [0.25, 0.3) is 0 Å². The number of rotatable bonds is 1. The van der Waals surface area contributed by atoms with Crippen molar-refractivity contribution in [1.29, 1.82) is 0 Å². The molecule has 1 rings (SSSR count). The van der Waals surface area contributed by atoms with E-state index in [0.29, 0.717) is 16.9 Å². The van der Waals surface area contributed by atoms with E-state index in [-0.39, 0.29) is 0 Å². The minimum absolute atomic E-state index is 0.432. The first kappa shape index (κ1) is 7.94. The number of pyridine rings is 1. The van der Waals surface area contributed by atoms with Crippen molar-refractivity contribution in [3.8, 4) is 0 Å². The van der Waals surface area contributed by atoms with E-state index in [4.69, 9.17) is 11.6 Å². The third kappa shape index (κ3) is 1.67. The minimum Gasteiger partial charge on any atom is -0.298 e. The van der Waals surface area contributed by atoms with Crippen molar-refractivity contribution in [2.45, 2.75) is 0 Å². The van der Waals surface area contributed by atoms with Gasteiger partial charge in [0.2, 0.25) is 0 Å². The van der Waals surface area contributed by atoms with Gasteiger partial charge in [0, 0.05) is 6.20 Å². The summed E-state index contributed by atoms with van der Waals surface area (Å²) in [6, 6.07) is 1.64. The third-order valence-electron chi connectivity index (χ3n) is 0.976. The first-order valence-corrected chi connectivity index (χ1v) is 3.96. The molecule has 0 radical (unpaired) electrons. The molecular formula is C6H3ClINO. The maximum atomic E-state index is 10.2. The van der Waals surface area contributed by atoms with Crippen LogP contribution >= 0.6 is 34.2 Å². The molecule has 2 nitrogen and oxygen atoms in total. The SMILES string of the molecule is O=Cc1cnc(I)cc1Cl. The van der Waals surface area contributed by atoms with Gasteiger partial charge in [0.05, 0.1) is 10.6 Å². The summed E-state index contributed by atoms with van der Waals surface area (Å²) in [6.45, 7) is 0. The van der Waals surface area contributed by atoms with Gasteiger partial charge in [-0.3, -0.25) is 4.79 Å². The van der Waals surface area contributed by atoms with Crippen LogP contribution in [0.5, 0.6) is 0 Å². The molecule has 0 unspecified atom stereocenters. The standard InChI is InChI=1S/C6H3ClINO/c7-5-1-6(8)9-2-4(5)3-10/h1-3H. The van der Waals surface area contributed by atoms with E-state index in [1.807, 2.05) is 22.6 Å². The van der Waals surface area contributed by atoms with E-state index >= 15 is 0 Å². The van der Waals surface area contributed by atoms with Crippen LogP contribution in [0.3, 0.4) is 0 Å². The predicted octanol–water partition coefficient (Wildman–Crippen LogP) is 2.15. The average Bonchev–Trinajstić information content (AvgIpc) is 1.88. The fraction of sp³-hybridized carbons (Fsp3) is 0. The molecule has 4 heteroatoms. The van der Waals surface area contributed by atoms with Crippen molar-refractivity contribution in [2.24, 2.45) is 0 Å². The zero-order valence-electron chi connectivity index (χ0n) is 4.84. The Kier molecular flexibility index (Phi) is 2.62. The minimum atomic E-state index is 0.432. The fourth-order valence-electron chi connectivity index (χ4n) is 0.505. The fourth-order valence-corrected chi connectivity index (χ4v) is 1.34. The van der Waals surface area contributed by atoms with Crippen molar-refractivity contribution < 1.29 is 4.79 Å². The number of hydrogen-bond acceptors (Lipinski definition) is 2. The summed E-state index contributed by atoms with van der Waals surface area (Å²) in [6.07, 6.45) is 2.14. The van der Waals surface area contributed by atoms with Crippen LogP contribution in [0.4, 0.5) is 0 Å². The van der Waals surface area contributed by atoms with Crippen molar-refractivity contribution in [2.75, 3.05) is 0 Å². The van der Waals surface area contributed by atoms with E-state index < -0.39 is 0 Å². The zero-order chi connectivity index (χ0) is 7.56. The van der Waals surface area contributed by atoms with Crippen molar-refractivity contribution in [3.05, 3.63) is 26.5 Å². The van der Waals surface area contributed by atoms with E-state index in [1.165, 1.54) is 6.20 Å². The Morgan fingerprint density at radius 2 is 2.40 bits per heavy atom. The molecule has 10 heavy (non-hydrogen) atoms. The van der Waals surface area contributed by atoms with Gasteiger partial charge in [-0.15, -0.1) is 0 Å². The maximum absolute atomic E-state index is 10.2. The van der Waals surface area contributed by atoms with Crippen LogP contribution in [-0.4, -0.2) is 11.3 Å². The molecule has 1 heterocycles. The number of carbonyl (C=O) groups is 1. The molecule has 0 bridgehead atoms. The largest absolute Gasteiger partial charge is 0.298 e. The molecule has 0 aromatic carbocycles. The quantitative estimate of drug-likeness (QED) is 0.443. The highest BCUT2D eigenvalue weighted by Crippen LogP contribution is 2.14. The van der Waals surface area contributed by atoms with Gasteiger partial charge >= 0.3 is 0 Å². The molecule has 0 spiro atoms. The highest BCUT2D eigenvalue weighted by Gasteiger charge is 1.98. The summed E-state index contributed by atoms with van der Waals surface area (Å²) in [7, 11) is 0. The van der Waals surface area contributed by atoms with Gasteiger partial charge in [0.1, 0.15) is 3.70 Å². The van der Waals surface area contributed by atoms with E-state index in [2.05, 4.69) is 4.98 Å². The molecule has 0 aliphatic carbocycles. The number of halogens is 2. The molecule has 0 saturated carbocycles. The Morgan fingerprint density at radius 1 is 1.70 bits per heavy atom. The van der Waals surface area contributed by atoms with Crippen LogP contribution in [0, 0.1) is 3.70 Å². The summed E-state index contributed by atoms with van der Waals surface area (Å²) < 4.78 is 0.785. The van der Waals surface area contributed by atoms with Crippen molar-refractivity contribution in [3.63, 3.8) is 0 Å². The number of hydrogen-bond donors (Lipinski definition) is 0. The summed E-state index contributed by atoms with van der Waals surface area (Å²) in [5, 5.41) is 0.453. The number of nitrogens with zero attached hydrogens (tertiary/aromatic N) is 1. The Bertz CT molecular complexity index is 264. The summed E-state index contributed by atoms with van der Waals surface area (Å²) >= 11 is 7.68. The van der Waals surface area contributed by atoms with Gasteiger partial charge in [-0.25, -0.2) is 4.98 Å². The molecule has 0 amide bonds. The van der Waals surface area contributed by atoms with Crippen LogP contribution in [0.2, 0.25) is 5.02 Å². The normalized spacial score (nSPS) is 9.40.